The molecule has 1 aliphatic carbocycles. The monoisotopic (exact) mass is 257 g/mol. The minimum Gasteiger partial charge on any atom is -0.349 e. The molecule has 0 saturated heterocycles. The van der Waals surface area contributed by atoms with E-state index in [1.165, 1.54) is 19.9 Å². The Morgan fingerprint density at radius 1 is 1.47 bits per heavy atom. The Morgan fingerprint density at radius 3 is 2.71 bits per heavy atom. The van der Waals surface area contributed by atoms with Crippen LogP contribution in [0, 0.1) is 0 Å². The summed E-state index contributed by atoms with van der Waals surface area (Å²) < 4.78 is 27.7. The van der Waals surface area contributed by atoms with Gasteiger partial charge in [-0.2, -0.15) is 0 Å². The van der Waals surface area contributed by atoms with Crippen LogP contribution in [-0.2, 0) is 23.1 Å². The molecule has 0 aliphatic heterocycles. The van der Waals surface area contributed by atoms with Gasteiger partial charge in [-0.3, -0.25) is 0 Å². The van der Waals surface area contributed by atoms with Crippen LogP contribution in [0.3, 0.4) is 0 Å². The van der Waals surface area contributed by atoms with E-state index in [1.807, 2.05) is 11.5 Å². The van der Waals surface area contributed by atoms with Gasteiger partial charge >= 0.3 is 0 Å². The van der Waals surface area contributed by atoms with Crippen molar-refractivity contribution < 1.29 is 8.42 Å². The Hall–Kier alpha value is -0.850. The van der Waals surface area contributed by atoms with E-state index in [2.05, 4.69) is 10.0 Å². The smallest absolute Gasteiger partial charge is 0.241 e. The number of hydrogen-bond donors (Lipinski definition) is 2. The molecule has 0 unspecified atom stereocenters. The molecule has 6 heteroatoms. The molecule has 2 N–H and O–H groups in total. The van der Waals surface area contributed by atoms with Gasteiger partial charge in [-0.15, -0.1) is 0 Å². The minimum absolute atomic E-state index is 0.342. The van der Waals surface area contributed by atoms with Crippen molar-refractivity contribution in [3.63, 3.8) is 0 Å². The number of rotatable bonds is 6. The fraction of sp³-hybridized carbons (Fsp3) is 0.636. The topological polar surface area (TPSA) is 63.1 Å². The van der Waals surface area contributed by atoms with Crippen molar-refractivity contribution in [2.24, 2.45) is 0 Å². The van der Waals surface area contributed by atoms with Gasteiger partial charge in [0.25, 0.3) is 0 Å². The van der Waals surface area contributed by atoms with Gasteiger partial charge in [0.05, 0.1) is 4.90 Å². The van der Waals surface area contributed by atoms with Gasteiger partial charge in [-0.1, -0.05) is 0 Å². The van der Waals surface area contributed by atoms with Gasteiger partial charge in [0, 0.05) is 31.0 Å². The van der Waals surface area contributed by atoms with E-state index in [9.17, 15) is 8.42 Å². The highest BCUT2D eigenvalue weighted by molar-refractivity contribution is 7.89. The summed E-state index contributed by atoms with van der Waals surface area (Å²) in [5, 5.41) is 3.39. The lowest BCUT2D eigenvalue weighted by Gasteiger charge is -2.06. The lowest BCUT2D eigenvalue weighted by molar-refractivity contribution is 0.587. The summed E-state index contributed by atoms with van der Waals surface area (Å²) in [6.45, 7) is 3.52. The average Bonchev–Trinajstić information content (AvgIpc) is 3.05. The van der Waals surface area contributed by atoms with Crippen molar-refractivity contribution in [2.75, 3.05) is 7.05 Å². The fourth-order valence-corrected chi connectivity index (χ4v) is 2.56. The minimum atomic E-state index is -3.33. The van der Waals surface area contributed by atoms with Crippen LogP contribution in [0.5, 0.6) is 0 Å². The second-order valence-corrected chi connectivity index (χ2v) is 6.20. The molecular weight excluding hydrogens is 238 g/mol. The van der Waals surface area contributed by atoms with Gasteiger partial charge in [-0.05, 0) is 32.9 Å². The number of nitrogens with zero attached hydrogens (tertiary/aromatic N) is 1. The van der Waals surface area contributed by atoms with E-state index < -0.39 is 10.0 Å². The highest BCUT2D eigenvalue weighted by atomic mass is 32.2. The highest BCUT2D eigenvalue weighted by Gasteiger charge is 2.21. The van der Waals surface area contributed by atoms with E-state index >= 15 is 0 Å². The van der Waals surface area contributed by atoms with Crippen LogP contribution in [0.25, 0.3) is 0 Å². The predicted molar refractivity (Wildman–Crippen MR) is 66.2 cm³/mol. The molecule has 1 aromatic rings. The molecule has 2 rings (SSSR count). The van der Waals surface area contributed by atoms with Crippen molar-refractivity contribution in [2.45, 2.75) is 43.8 Å². The number of nitrogens with one attached hydrogen (secondary N) is 2. The average molecular weight is 257 g/mol. The Balaban J connectivity index is 2.19. The summed E-state index contributed by atoms with van der Waals surface area (Å²) in [5.41, 5.74) is 1.02. The third-order valence-electron chi connectivity index (χ3n) is 3.03. The second-order valence-electron chi connectivity index (χ2n) is 4.32. The molecule has 96 valence electrons. The summed E-state index contributed by atoms with van der Waals surface area (Å²) in [4.78, 5) is 0.342. The van der Waals surface area contributed by atoms with Crippen molar-refractivity contribution in [1.29, 1.82) is 0 Å². The van der Waals surface area contributed by atoms with Crippen molar-refractivity contribution in [1.82, 2.24) is 14.6 Å². The van der Waals surface area contributed by atoms with Crippen LogP contribution in [0.1, 0.15) is 25.5 Å². The molecule has 1 heterocycles. The lowest BCUT2D eigenvalue weighted by atomic mass is 10.4. The first kappa shape index (κ1) is 12.6. The van der Waals surface area contributed by atoms with E-state index in [4.69, 9.17) is 0 Å². The normalized spacial score (nSPS) is 16.4. The summed E-state index contributed by atoms with van der Waals surface area (Å²) in [5.74, 6) is 0. The summed E-state index contributed by atoms with van der Waals surface area (Å²) in [6.07, 6.45) is 4.15. The largest absolute Gasteiger partial charge is 0.349 e. The van der Waals surface area contributed by atoms with Crippen LogP contribution in [0.4, 0.5) is 0 Å². The molecule has 5 nitrogen and oxygen atoms in total. The maximum Gasteiger partial charge on any atom is 0.241 e. The third-order valence-corrected chi connectivity index (χ3v) is 4.41. The summed E-state index contributed by atoms with van der Waals surface area (Å²) >= 11 is 0. The van der Waals surface area contributed by atoms with Crippen molar-refractivity contribution in [3.05, 3.63) is 18.0 Å². The van der Waals surface area contributed by atoms with Gasteiger partial charge in [-0.25, -0.2) is 13.1 Å². The first-order chi connectivity index (χ1) is 8.06. The molecule has 1 aromatic heterocycles. The van der Waals surface area contributed by atoms with Gasteiger partial charge < -0.3 is 9.88 Å². The van der Waals surface area contributed by atoms with Crippen LogP contribution >= 0.6 is 0 Å². The third kappa shape index (κ3) is 2.88. The standard InChI is InChI=1S/C11H19N3O2S/c1-3-14-8-11(17(15,16)12-2)6-10(14)7-13-9-4-5-9/h6,8-9,12-13H,3-5,7H2,1-2H3. The molecule has 0 amide bonds. The lowest BCUT2D eigenvalue weighted by Crippen LogP contribution is -2.18. The number of sulfonamides is 1. The number of hydrogen-bond acceptors (Lipinski definition) is 3. The van der Waals surface area contributed by atoms with Crippen LogP contribution in [0.15, 0.2) is 17.2 Å². The molecule has 0 bridgehead atoms. The van der Waals surface area contributed by atoms with E-state index in [1.54, 1.807) is 12.3 Å². The van der Waals surface area contributed by atoms with Crippen molar-refractivity contribution >= 4 is 10.0 Å². The Labute approximate surface area is 102 Å². The Morgan fingerprint density at radius 2 is 2.18 bits per heavy atom. The second kappa shape index (κ2) is 4.80. The molecule has 0 radical (unpaired) electrons. The van der Waals surface area contributed by atoms with Gasteiger partial charge in [0.15, 0.2) is 0 Å². The van der Waals surface area contributed by atoms with Crippen LogP contribution < -0.4 is 10.0 Å². The van der Waals surface area contributed by atoms with E-state index in [0.29, 0.717) is 10.9 Å². The first-order valence-electron chi connectivity index (χ1n) is 5.93. The quantitative estimate of drug-likeness (QED) is 0.787. The van der Waals surface area contributed by atoms with Crippen LogP contribution in [0.2, 0.25) is 0 Å². The number of aryl methyl sites for hydroxylation is 1. The van der Waals surface area contributed by atoms with Crippen molar-refractivity contribution in [3.8, 4) is 0 Å². The molecule has 1 saturated carbocycles. The molecular formula is C11H19N3O2S. The zero-order chi connectivity index (χ0) is 12.5. The fourth-order valence-electron chi connectivity index (χ4n) is 1.77. The maximum absolute atomic E-state index is 11.7. The Bertz CT molecular complexity index is 489. The first-order valence-corrected chi connectivity index (χ1v) is 7.41. The molecule has 17 heavy (non-hydrogen) atoms. The molecule has 0 spiro atoms. The van der Waals surface area contributed by atoms with Gasteiger partial charge in [0.1, 0.15) is 0 Å². The predicted octanol–water partition coefficient (Wildman–Crippen LogP) is 0.668. The van der Waals surface area contributed by atoms with E-state index in [-0.39, 0.29) is 0 Å². The highest BCUT2D eigenvalue weighted by Crippen LogP contribution is 2.20. The molecule has 0 aromatic carbocycles. The Kier molecular flexibility index (Phi) is 3.56. The van der Waals surface area contributed by atoms with Gasteiger partial charge in [0.2, 0.25) is 10.0 Å². The van der Waals surface area contributed by atoms with E-state index in [0.717, 1.165) is 18.8 Å². The summed E-state index contributed by atoms with van der Waals surface area (Å²) in [7, 11) is -1.90. The molecule has 1 fully saturated rings. The summed E-state index contributed by atoms with van der Waals surface area (Å²) in [6, 6.07) is 2.37. The molecule has 0 atom stereocenters. The zero-order valence-corrected chi connectivity index (χ0v) is 11.0. The zero-order valence-electron chi connectivity index (χ0n) is 10.2. The van der Waals surface area contributed by atoms with Crippen LogP contribution in [-0.4, -0.2) is 26.1 Å². The SMILES string of the molecule is CCn1cc(S(=O)(=O)NC)cc1CNC1CC1. The number of aromatic nitrogens is 1. The molecule has 1 aliphatic rings. The maximum atomic E-state index is 11.7.